The second-order valence-corrected chi connectivity index (χ2v) is 6.75. The number of benzene rings is 1. The van der Waals surface area contributed by atoms with Gasteiger partial charge in [-0.25, -0.2) is 8.42 Å². The van der Waals surface area contributed by atoms with Crippen LogP contribution in [0.4, 0.5) is 5.69 Å². The van der Waals surface area contributed by atoms with E-state index in [0.29, 0.717) is 23.4 Å². The number of carbonyl (C=O) groups is 1. The third-order valence-corrected chi connectivity index (χ3v) is 4.84. The molecule has 104 valence electrons. The summed E-state index contributed by atoms with van der Waals surface area (Å²) in [5, 5.41) is 3.10. The third-order valence-electron chi connectivity index (χ3n) is 3.08. The van der Waals surface area contributed by atoms with E-state index in [0.717, 1.165) is 0 Å². The van der Waals surface area contributed by atoms with Gasteiger partial charge in [0.1, 0.15) is 5.75 Å². The van der Waals surface area contributed by atoms with Crippen LogP contribution in [0.25, 0.3) is 0 Å². The van der Waals surface area contributed by atoms with Gasteiger partial charge in [0.15, 0.2) is 9.84 Å². The molecule has 1 saturated heterocycles. The van der Waals surface area contributed by atoms with Gasteiger partial charge in [-0.05, 0) is 24.6 Å². The van der Waals surface area contributed by atoms with Gasteiger partial charge in [0.05, 0.1) is 24.3 Å². The second kappa shape index (κ2) is 5.08. The molecule has 0 aliphatic carbocycles. The van der Waals surface area contributed by atoms with Gasteiger partial charge in [0, 0.05) is 11.6 Å². The van der Waals surface area contributed by atoms with Gasteiger partial charge >= 0.3 is 0 Å². The Labute approximate surface area is 111 Å². The Balaban J connectivity index is 2.23. The number of sulfone groups is 1. The number of hydrogen-bond donors (Lipinski definition) is 2. The number of ether oxygens (including phenoxy) is 1. The smallest absolute Gasteiger partial charge is 0.248 e. The summed E-state index contributed by atoms with van der Waals surface area (Å²) in [4.78, 5) is 11.2. The van der Waals surface area contributed by atoms with Crippen molar-refractivity contribution in [2.45, 2.75) is 12.5 Å². The second-order valence-electron chi connectivity index (χ2n) is 4.52. The van der Waals surface area contributed by atoms with Gasteiger partial charge < -0.3 is 15.8 Å². The van der Waals surface area contributed by atoms with E-state index in [1.54, 1.807) is 18.2 Å². The summed E-state index contributed by atoms with van der Waals surface area (Å²) in [5.41, 5.74) is 6.16. The highest BCUT2D eigenvalue weighted by molar-refractivity contribution is 7.91. The molecule has 3 N–H and O–H groups in total. The molecular weight excluding hydrogens is 268 g/mol. The largest absolute Gasteiger partial charge is 0.495 e. The Bertz CT molecular complexity index is 598. The quantitative estimate of drug-likeness (QED) is 0.833. The first-order valence-electron chi connectivity index (χ1n) is 5.86. The standard InChI is InChI=1S/C12H16N2O4S/c1-18-11-3-2-8(12(13)15)6-10(11)14-9-4-5-19(16,17)7-9/h2-3,6,9,14H,4-5,7H2,1H3,(H2,13,15). The number of hydrogen-bond acceptors (Lipinski definition) is 5. The summed E-state index contributed by atoms with van der Waals surface area (Å²) in [6.45, 7) is 0. The summed E-state index contributed by atoms with van der Waals surface area (Å²) >= 11 is 0. The van der Waals surface area contributed by atoms with Crippen LogP contribution in [0.1, 0.15) is 16.8 Å². The molecule has 0 aromatic heterocycles. The van der Waals surface area contributed by atoms with Gasteiger partial charge in [0.25, 0.3) is 0 Å². The molecule has 1 fully saturated rings. The van der Waals surface area contributed by atoms with Crippen LogP contribution < -0.4 is 15.8 Å². The summed E-state index contributed by atoms with van der Waals surface area (Å²) in [7, 11) is -1.45. The number of rotatable bonds is 4. The van der Waals surface area contributed by atoms with Crippen molar-refractivity contribution in [1.29, 1.82) is 0 Å². The fraction of sp³-hybridized carbons (Fsp3) is 0.417. The molecule has 1 aliphatic rings. The lowest BCUT2D eigenvalue weighted by Gasteiger charge is -2.16. The lowest BCUT2D eigenvalue weighted by Crippen LogP contribution is -2.21. The third kappa shape index (κ3) is 3.17. The average Bonchev–Trinajstić information content (AvgIpc) is 2.68. The minimum absolute atomic E-state index is 0.0942. The Hall–Kier alpha value is -1.76. The van der Waals surface area contributed by atoms with E-state index in [4.69, 9.17) is 10.5 Å². The molecular formula is C12H16N2O4S. The maximum absolute atomic E-state index is 11.4. The van der Waals surface area contributed by atoms with E-state index in [-0.39, 0.29) is 17.5 Å². The fourth-order valence-electron chi connectivity index (χ4n) is 2.10. The van der Waals surface area contributed by atoms with E-state index in [1.165, 1.54) is 7.11 Å². The Kier molecular flexibility index (Phi) is 3.66. The van der Waals surface area contributed by atoms with E-state index in [2.05, 4.69) is 5.32 Å². The van der Waals surface area contributed by atoms with Crippen LogP contribution in [0.15, 0.2) is 18.2 Å². The van der Waals surface area contributed by atoms with Crippen molar-refractivity contribution in [3.05, 3.63) is 23.8 Å². The van der Waals surface area contributed by atoms with Crippen molar-refractivity contribution >= 4 is 21.4 Å². The summed E-state index contributed by atoms with van der Waals surface area (Å²) in [6.07, 6.45) is 0.548. The van der Waals surface area contributed by atoms with Crippen LogP contribution in [0.2, 0.25) is 0 Å². The molecule has 0 bridgehead atoms. The molecule has 1 heterocycles. The van der Waals surface area contributed by atoms with Gasteiger partial charge in [-0.15, -0.1) is 0 Å². The Morgan fingerprint density at radius 2 is 2.21 bits per heavy atom. The number of primary amides is 1. The number of carbonyl (C=O) groups excluding carboxylic acids is 1. The van der Waals surface area contributed by atoms with Crippen LogP contribution in [-0.4, -0.2) is 39.0 Å². The molecule has 0 saturated carbocycles. The first-order chi connectivity index (χ1) is 8.91. The Morgan fingerprint density at radius 1 is 1.47 bits per heavy atom. The summed E-state index contributed by atoms with van der Waals surface area (Å²) in [6, 6.07) is 4.61. The SMILES string of the molecule is COc1ccc(C(N)=O)cc1NC1CCS(=O)(=O)C1. The minimum atomic E-state index is -2.96. The summed E-state index contributed by atoms with van der Waals surface area (Å²) in [5.74, 6) is 0.290. The van der Waals surface area contributed by atoms with Gasteiger partial charge in [-0.3, -0.25) is 4.79 Å². The van der Waals surface area contributed by atoms with Crippen LogP contribution >= 0.6 is 0 Å². The van der Waals surface area contributed by atoms with E-state index >= 15 is 0 Å². The van der Waals surface area contributed by atoms with Gasteiger partial charge in [-0.1, -0.05) is 0 Å². The zero-order valence-electron chi connectivity index (χ0n) is 10.5. The highest BCUT2D eigenvalue weighted by Crippen LogP contribution is 2.28. The van der Waals surface area contributed by atoms with Crippen LogP contribution in [-0.2, 0) is 9.84 Å². The molecule has 6 nitrogen and oxygen atoms in total. The molecule has 1 atom stereocenters. The van der Waals surface area contributed by atoms with E-state index < -0.39 is 15.7 Å². The molecule has 19 heavy (non-hydrogen) atoms. The zero-order chi connectivity index (χ0) is 14.0. The highest BCUT2D eigenvalue weighted by atomic mass is 32.2. The monoisotopic (exact) mass is 284 g/mol. The highest BCUT2D eigenvalue weighted by Gasteiger charge is 2.28. The van der Waals surface area contributed by atoms with E-state index in [1.807, 2.05) is 0 Å². The first kappa shape index (κ1) is 13.7. The molecule has 1 aromatic rings. The lowest BCUT2D eigenvalue weighted by atomic mass is 10.1. The predicted octanol–water partition coefficient (Wildman–Crippen LogP) is 0.393. The van der Waals surface area contributed by atoms with Gasteiger partial charge in [0.2, 0.25) is 5.91 Å². The van der Waals surface area contributed by atoms with Crippen molar-refractivity contribution in [2.24, 2.45) is 5.73 Å². The number of amides is 1. The topological polar surface area (TPSA) is 98.5 Å². The predicted molar refractivity (Wildman–Crippen MR) is 72.2 cm³/mol. The first-order valence-corrected chi connectivity index (χ1v) is 7.68. The maximum atomic E-state index is 11.4. The van der Waals surface area contributed by atoms with Crippen LogP contribution in [0, 0.1) is 0 Å². The van der Waals surface area contributed by atoms with E-state index in [9.17, 15) is 13.2 Å². The van der Waals surface area contributed by atoms with Crippen LogP contribution in [0.5, 0.6) is 5.75 Å². The molecule has 1 aliphatic heterocycles. The number of nitrogens with one attached hydrogen (secondary N) is 1. The fourth-order valence-corrected chi connectivity index (χ4v) is 3.78. The molecule has 7 heteroatoms. The van der Waals surface area contributed by atoms with Crippen molar-refractivity contribution in [3.63, 3.8) is 0 Å². The molecule has 1 aromatic carbocycles. The molecule has 0 radical (unpaired) electrons. The Morgan fingerprint density at radius 3 is 2.74 bits per heavy atom. The normalized spacial score (nSPS) is 21.0. The summed E-state index contributed by atoms with van der Waals surface area (Å²) < 4.78 is 28.0. The number of nitrogens with two attached hydrogens (primary N) is 1. The molecule has 1 unspecified atom stereocenters. The molecule has 1 amide bonds. The van der Waals surface area contributed by atoms with Gasteiger partial charge in [-0.2, -0.15) is 0 Å². The molecule has 0 spiro atoms. The average molecular weight is 284 g/mol. The lowest BCUT2D eigenvalue weighted by molar-refractivity contribution is 0.100. The number of methoxy groups -OCH3 is 1. The maximum Gasteiger partial charge on any atom is 0.248 e. The van der Waals surface area contributed by atoms with Crippen molar-refractivity contribution < 1.29 is 17.9 Å². The van der Waals surface area contributed by atoms with Crippen molar-refractivity contribution in [2.75, 3.05) is 23.9 Å². The minimum Gasteiger partial charge on any atom is -0.495 e. The zero-order valence-corrected chi connectivity index (χ0v) is 11.4. The van der Waals surface area contributed by atoms with Crippen molar-refractivity contribution in [1.82, 2.24) is 0 Å². The number of anilines is 1. The van der Waals surface area contributed by atoms with Crippen molar-refractivity contribution in [3.8, 4) is 5.75 Å². The molecule has 2 rings (SSSR count). The van der Waals surface area contributed by atoms with Crippen LogP contribution in [0.3, 0.4) is 0 Å².